The molecule has 0 radical (unpaired) electrons. The number of anilines is 2. The van der Waals surface area contributed by atoms with E-state index in [1.807, 2.05) is 24.3 Å². The number of halogens is 8. The molecule has 3 atom stereocenters. The van der Waals surface area contributed by atoms with Gasteiger partial charge in [-0.1, -0.05) is 17.4 Å². The zero-order valence-electron chi connectivity index (χ0n) is 33.6. The number of aromatic amines is 1. The standard InChI is InChI=1S/C44H34F8N10O2S/c45-24-13-21(14-25(46)17-24)15-32(56-34(63)20-62-38-35(37(59-62)44(50,51)52)28-18-30(28)43(38,48)49)36-27(23-3-6-31(47)29(16-23)39(53)64)19-33-41(57-36)58-42(65-33)61-11-9-60(10-12-61)26-4-1-22(2-5-26)40-54-7-8-55-40/h1-8,13-14,16-17,19,28,30,32H,9-12,15,18,20H2,(H2,53,64)(H,54,55)(H,56,63)/t28-,30?,32-/m0/s1. The number of hydrogen-bond donors (Lipinski definition) is 3. The van der Waals surface area contributed by atoms with Crippen LogP contribution in [0.4, 0.5) is 45.9 Å². The Balaban J connectivity index is 1.01. The lowest BCUT2D eigenvalue weighted by atomic mass is 9.94. The first kappa shape index (κ1) is 42.1. The van der Waals surface area contributed by atoms with Gasteiger partial charge in [0.25, 0.3) is 11.8 Å². The highest BCUT2D eigenvalue weighted by Gasteiger charge is 2.68. The number of nitrogens with two attached hydrogens (primary N) is 1. The van der Waals surface area contributed by atoms with Crippen LogP contribution in [-0.4, -0.2) is 67.7 Å². The van der Waals surface area contributed by atoms with Crippen LogP contribution in [0.5, 0.6) is 0 Å². The number of H-pyrrole nitrogens is 1. The van der Waals surface area contributed by atoms with Crippen molar-refractivity contribution in [2.45, 2.75) is 43.4 Å². The molecule has 1 saturated heterocycles. The van der Waals surface area contributed by atoms with E-state index in [-0.39, 0.29) is 40.9 Å². The lowest BCUT2D eigenvalue weighted by molar-refractivity contribution is -0.142. The number of primary amides is 1. The Labute approximate surface area is 367 Å². The summed E-state index contributed by atoms with van der Waals surface area (Å²) >= 11 is 1.28. The zero-order valence-corrected chi connectivity index (χ0v) is 34.5. The normalized spacial score (nSPS) is 18.2. The highest BCUT2D eigenvalue weighted by Crippen LogP contribution is 2.68. The van der Waals surface area contributed by atoms with Crippen molar-refractivity contribution < 1.29 is 44.7 Å². The molecule has 1 unspecified atom stereocenters. The van der Waals surface area contributed by atoms with Crippen molar-refractivity contribution in [1.82, 2.24) is 35.0 Å². The number of nitrogens with one attached hydrogen (secondary N) is 2. The van der Waals surface area contributed by atoms with Gasteiger partial charge in [0.2, 0.25) is 5.91 Å². The third-order valence-corrected chi connectivity index (χ3v) is 13.1. The van der Waals surface area contributed by atoms with Gasteiger partial charge >= 0.3 is 6.18 Å². The van der Waals surface area contributed by atoms with E-state index in [2.05, 4.69) is 30.2 Å². The second kappa shape index (κ2) is 15.7. The monoisotopic (exact) mass is 918 g/mol. The smallest absolute Gasteiger partial charge is 0.368 e. The highest BCUT2D eigenvalue weighted by atomic mass is 32.1. The number of pyridine rings is 1. The molecule has 2 amide bonds. The molecule has 3 aromatic carbocycles. The molecule has 5 heterocycles. The molecule has 3 aliphatic rings. The van der Waals surface area contributed by atoms with Crippen molar-refractivity contribution in [2.24, 2.45) is 11.7 Å². The van der Waals surface area contributed by atoms with Crippen LogP contribution in [0.2, 0.25) is 0 Å². The number of carbonyl (C=O) groups is 2. The fourth-order valence-electron chi connectivity index (χ4n) is 8.94. The van der Waals surface area contributed by atoms with E-state index in [0.29, 0.717) is 46.8 Å². The summed E-state index contributed by atoms with van der Waals surface area (Å²) in [7, 11) is 0. The molecule has 4 N–H and O–H groups in total. The second-order valence-electron chi connectivity index (χ2n) is 16.2. The molecule has 1 aliphatic heterocycles. The van der Waals surface area contributed by atoms with Gasteiger partial charge < -0.3 is 25.8 Å². The van der Waals surface area contributed by atoms with Gasteiger partial charge in [0.15, 0.2) is 16.5 Å². The number of aromatic nitrogens is 6. The van der Waals surface area contributed by atoms with E-state index in [9.17, 15) is 35.9 Å². The number of hydrogen-bond acceptors (Lipinski definition) is 9. The first-order valence-electron chi connectivity index (χ1n) is 20.3. The lowest BCUT2D eigenvalue weighted by Crippen LogP contribution is -2.46. The van der Waals surface area contributed by atoms with Crippen molar-refractivity contribution in [3.63, 3.8) is 0 Å². The number of alkyl halides is 5. The van der Waals surface area contributed by atoms with Gasteiger partial charge in [-0.05, 0) is 84.5 Å². The van der Waals surface area contributed by atoms with Crippen LogP contribution in [0.15, 0.2) is 79.1 Å². The van der Waals surface area contributed by atoms with E-state index >= 15 is 8.78 Å². The van der Waals surface area contributed by atoms with Gasteiger partial charge in [0.1, 0.15) is 35.5 Å². The van der Waals surface area contributed by atoms with E-state index in [1.165, 1.54) is 23.5 Å². The SMILES string of the molecule is NC(=O)c1cc(-c2cc3sc(N4CCN(c5ccc(-c6ncc[nH]6)cc5)CC4)nc3nc2[C@H](Cc2cc(F)cc(F)c2)NC(=O)Cn2nc(C(F)(F)F)c3c2C(F)(F)C2C[C@H]32)ccc1F. The van der Waals surface area contributed by atoms with Crippen LogP contribution < -0.4 is 20.9 Å². The zero-order chi connectivity index (χ0) is 45.5. The van der Waals surface area contributed by atoms with Gasteiger partial charge in [-0.15, -0.1) is 0 Å². The molecular formula is C44H34F8N10O2S. The molecule has 1 saturated carbocycles. The summed E-state index contributed by atoms with van der Waals surface area (Å²) in [6, 6.07) is 14.4. The minimum absolute atomic E-state index is 0.00883. The van der Waals surface area contributed by atoms with Crippen molar-refractivity contribution in [1.29, 1.82) is 0 Å². The van der Waals surface area contributed by atoms with E-state index in [0.717, 1.165) is 35.3 Å². The molecule has 0 bridgehead atoms. The summed E-state index contributed by atoms with van der Waals surface area (Å²) in [5, 5.41) is 6.69. The third-order valence-electron chi connectivity index (χ3n) is 12.0. The second-order valence-corrected chi connectivity index (χ2v) is 17.2. The van der Waals surface area contributed by atoms with Crippen molar-refractivity contribution in [2.75, 3.05) is 36.0 Å². The lowest BCUT2D eigenvalue weighted by Gasteiger charge is -2.36. The van der Waals surface area contributed by atoms with Crippen LogP contribution in [-0.2, 0) is 29.9 Å². The van der Waals surface area contributed by atoms with E-state index in [1.54, 1.807) is 18.5 Å². The third kappa shape index (κ3) is 7.80. The number of nitrogens with zero attached hydrogens (tertiary/aromatic N) is 7. The van der Waals surface area contributed by atoms with Crippen LogP contribution >= 0.6 is 11.3 Å². The number of amides is 2. The van der Waals surface area contributed by atoms with Crippen molar-refractivity contribution in [3.8, 4) is 22.5 Å². The van der Waals surface area contributed by atoms with Crippen LogP contribution in [0.25, 0.3) is 32.9 Å². The number of benzene rings is 3. The molecule has 10 rings (SSSR count). The Morgan fingerprint density at radius 3 is 2.31 bits per heavy atom. The first-order valence-corrected chi connectivity index (χ1v) is 21.1. The molecule has 0 spiro atoms. The summed E-state index contributed by atoms with van der Waals surface area (Å²) in [5.41, 5.74) is 4.43. The topological polar surface area (TPSA) is 151 Å². The fourth-order valence-corrected chi connectivity index (χ4v) is 9.94. The van der Waals surface area contributed by atoms with Gasteiger partial charge in [-0.2, -0.15) is 32.0 Å². The Bertz CT molecular complexity index is 2980. The molecular weight excluding hydrogens is 885 g/mol. The van der Waals surface area contributed by atoms with Crippen molar-refractivity contribution >= 4 is 44.3 Å². The average Bonchev–Trinajstić information content (AvgIpc) is 3.56. The molecule has 7 aromatic rings. The fraction of sp³-hybridized carbons (Fsp3) is 0.273. The maximum atomic E-state index is 15.5. The quantitative estimate of drug-likeness (QED) is 0.110. The molecule has 12 nitrogen and oxygen atoms in total. The number of rotatable bonds is 11. The Morgan fingerprint density at radius 1 is 0.923 bits per heavy atom. The van der Waals surface area contributed by atoms with Crippen LogP contribution in [0.1, 0.15) is 56.9 Å². The molecule has 21 heteroatoms. The summed E-state index contributed by atoms with van der Waals surface area (Å²) in [6.45, 7) is 1.33. The molecule has 334 valence electrons. The maximum absolute atomic E-state index is 15.5. The van der Waals surface area contributed by atoms with Crippen molar-refractivity contribution in [3.05, 3.63) is 130 Å². The van der Waals surface area contributed by atoms with E-state index in [4.69, 9.17) is 15.7 Å². The van der Waals surface area contributed by atoms with Crippen LogP contribution in [0.3, 0.4) is 0 Å². The predicted molar refractivity (Wildman–Crippen MR) is 223 cm³/mol. The van der Waals surface area contributed by atoms with Gasteiger partial charge in [0, 0.05) is 72.9 Å². The summed E-state index contributed by atoms with van der Waals surface area (Å²) in [4.78, 5) is 47.6. The number of thiazole rings is 1. The Morgan fingerprint density at radius 2 is 1.63 bits per heavy atom. The first-order chi connectivity index (χ1) is 31.0. The summed E-state index contributed by atoms with van der Waals surface area (Å²) < 4.78 is 118. The van der Waals surface area contributed by atoms with Gasteiger partial charge in [-0.25, -0.2) is 23.1 Å². The number of fused-ring (bicyclic) bond motifs is 4. The number of imidazole rings is 1. The highest BCUT2D eigenvalue weighted by molar-refractivity contribution is 7.22. The molecule has 2 aliphatic carbocycles. The number of carbonyl (C=O) groups excluding carboxylic acids is 2. The predicted octanol–water partition coefficient (Wildman–Crippen LogP) is 8.12. The van der Waals surface area contributed by atoms with Crippen LogP contribution in [0, 0.1) is 23.4 Å². The summed E-state index contributed by atoms with van der Waals surface area (Å²) in [6.07, 6.45) is -2.19. The summed E-state index contributed by atoms with van der Waals surface area (Å²) in [5.74, 6) is -10.3. The maximum Gasteiger partial charge on any atom is 0.435 e. The molecule has 65 heavy (non-hydrogen) atoms. The average molecular weight is 919 g/mol. The largest absolute Gasteiger partial charge is 0.435 e. The minimum Gasteiger partial charge on any atom is -0.368 e. The van der Waals surface area contributed by atoms with E-state index < -0.39 is 88.3 Å². The minimum atomic E-state index is -5.08. The Hall–Kier alpha value is -6.90. The number of piperazine rings is 1. The van der Waals surface area contributed by atoms with Gasteiger partial charge in [-0.3, -0.25) is 14.3 Å². The molecule has 4 aromatic heterocycles. The Kier molecular flexibility index (Phi) is 10.1. The molecule has 2 fully saturated rings. The van der Waals surface area contributed by atoms with Gasteiger partial charge in [0.05, 0.1) is 22.0 Å².